The molecule has 3 rings (SSSR count). The molecule has 0 aliphatic heterocycles. The second-order valence-corrected chi connectivity index (χ2v) is 6.33. The number of fused-ring (bicyclic) bond motifs is 1. The van der Waals surface area contributed by atoms with Crippen LogP contribution in [0.2, 0.25) is 0 Å². The molecule has 26 heavy (non-hydrogen) atoms. The van der Waals surface area contributed by atoms with Gasteiger partial charge in [0.1, 0.15) is 18.1 Å². The lowest BCUT2D eigenvalue weighted by Crippen LogP contribution is -2.31. The first kappa shape index (κ1) is 17.7. The molecule has 2 N–H and O–H groups in total. The summed E-state index contributed by atoms with van der Waals surface area (Å²) in [6.07, 6.45) is 1.57. The lowest BCUT2D eigenvalue weighted by molar-refractivity contribution is -0.124. The molecule has 0 unspecified atom stereocenters. The highest BCUT2D eigenvalue weighted by molar-refractivity contribution is 5.81. The monoisotopic (exact) mass is 354 g/mol. The summed E-state index contributed by atoms with van der Waals surface area (Å²) in [5, 5.41) is 5.69. The maximum atomic E-state index is 12.4. The van der Waals surface area contributed by atoms with Gasteiger partial charge in [-0.05, 0) is 24.3 Å². The van der Waals surface area contributed by atoms with Gasteiger partial charge in [-0.15, -0.1) is 0 Å². The highest BCUT2D eigenvalue weighted by atomic mass is 16.3. The number of hydrogen-bond acceptors (Lipinski definition) is 4. The maximum Gasteiger partial charge on any atom is 0.240 e. The van der Waals surface area contributed by atoms with E-state index in [1.165, 1.54) is 0 Å². The molecule has 1 aromatic carbocycles. The van der Waals surface area contributed by atoms with Gasteiger partial charge in [-0.3, -0.25) is 9.59 Å². The summed E-state index contributed by atoms with van der Waals surface area (Å²) in [6, 6.07) is 11.2. The van der Waals surface area contributed by atoms with Crippen LogP contribution in [0.3, 0.4) is 0 Å². The normalized spacial score (nSPS) is 11.0. The number of carbonyl (C=O) groups excluding carboxylic acids is 2. The number of imidazole rings is 1. The van der Waals surface area contributed by atoms with Crippen LogP contribution in [0.5, 0.6) is 0 Å². The van der Waals surface area contributed by atoms with Crippen LogP contribution in [0.15, 0.2) is 47.1 Å². The molecule has 0 fully saturated rings. The van der Waals surface area contributed by atoms with Gasteiger partial charge >= 0.3 is 0 Å². The Morgan fingerprint density at radius 1 is 1.12 bits per heavy atom. The van der Waals surface area contributed by atoms with Crippen molar-refractivity contribution >= 4 is 22.8 Å². The average Bonchev–Trinajstić information content (AvgIpc) is 3.26. The number of aromatic nitrogens is 2. The van der Waals surface area contributed by atoms with Crippen molar-refractivity contribution in [2.45, 2.75) is 33.5 Å². The Morgan fingerprint density at radius 3 is 2.65 bits per heavy atom. The highest BCUT2D eigenvalue weighted by Gasteiger charge is 2.15. The zero-order chi connectivity index (χ0) is 18.5. The molecule has 0 radical (unpaired) electrons. The Balaban J connectivity index is 1.75. The van der Waals surface area contributed by atoms with Crippen molar-refractivity contribution in [3.8, 4) is 0 Å². The SMILES string of the molecule is CC(C)C(=O)NCc1nc2ccccc2n1CC(=O)NCc1ccco1. The molecule has 0 saturated carbocycles. The summed E-state index contributed by atoms with van der Waals surface area (Å²) in [4.78, 5) is 28.8. The van der Waals surface area contributed by atoms with Crippen LogP contribution in [0, 0.1) is 5.92 Å². The standard InChI is InChI=1S/C19H22N4O3/c1-13(2)19(25)21-11-17-22-15-7-3-4-8-16(15)23(17)12-18(24)20-10-14-6-5-9-26-14/h3-9,13H,10-12H2,1-2H3,(H,20,24)(H,21,25). The zero-order valence-electron chi connectivity index (χ0n) is 14.9. The maximum absolute atomic E-state index is 12.4. The number of amides is 2. The quantitative estimate of drug-likeness (QED) is 0.681. The first-order valence-corrected chi connectivity index (χ1v) is 8.55. The largest absolute Gasteiger partial charge is 0.467 e. The van der Waals surface area contributed by atoms with Crippen LogP contribution < -0.4 is 10.6 Å². The lowest BCUT2D eigenvalue weighted by atomic mass is 10.2. The predicted molar refractivity (Wildman–Crippen MR) is 97.0 cm³/mol. The minimum atomic E-state index is -0.152. The van der Waals surface area contributed by atoms with E-state index in [-0.39, 0.29) is 30.8 Å². The molecular weight excluding hydrogens is 332 g/mol. The third-order valence-corrected chi connectivity index (χ3v) is 4.02. The molecule has 3 aromatic rings. The van der Waals surface area contributed by atoms with E-state index in [0.717, 1.165) is 11.0 Å². The Labute approximate surface area is 151 Å². The fourth-order valence-corrected chi connectivity index (χ4v) is 2.61. The number of hydrogen-bond donors (Lipinski definition) is 2. The van der Waals surface area contributed by atoms with Crippen molar-refractivity contribution in [2.24, 2.45) is 5.92 Å². The first-order chi connectivity index (χ1) is 12.5. The van der Waals surface area contributed by atoms with Gasteiger partial charge in [0, 0.05) is 5.92 Å². The minimum absolute atomic E-state index is 0.0501. The smallest absolute Gasteiger partial charge is 0.240 e. The number of nitrogens with zero attached hydrogens (tertiary/aromatic N) is 2. The van der Waals surface area contributed by atoms with Crippen LogP contribution in [-0.4, -0.2) is 21.4 Å². The summed E-state index contributed by atoms with van der Waals surface area (Å²) in [7, 11) is 0. The van der Waals surface area contributed by atoms with E-state index in [4.69, 9.17) is 4.42 Å². The number of rotatable bonds is 7. The first-order valence-electron chi connectivity index (χ1n) is 8.55. The minimum Gasteiger partial charge on any atom is -0.467 e. The van der Waals surface area contributed by atoms with Crippen molar-refractivity contribution in [3.05, 3.63) is 54.2 Å². The van der Waals surface area contributed by atoms with Gasteiger partial charge in [0.2, 0.25) is 11.8 Å². The van der Waals surface area contributed by atoms with Crippen LogP contribution in [0.1, 0.15) is 25.4 Å². The molecule has 0 spiro atoms. The summed E-state index contributed by atoms with van der Waals surface area (Å²) in [6.45, 7) is 4.39. The molecule has 136 valence electrons. The van der Waals surface area contributed by atoms with Gasteiger partial charge in [-0.25, -0.2) is 4.98 Å². The van der Waals surface area contributed by atoms with Gasteiger partial charge in [0.25, 0.3) is 0 Å². The Kier molecular flexibility index (Phi) is 5.36. The molecule has 0 atom stereocenters. The van der Waals surface area contributed by atoms with Crippen LogP contribution in [-0.2, 0) is 29.2 Å². The summed E-state index contributed by atoms with van der Waals surface area (Å²) in [5.41, 5.74) is 1.65. The molecular formula is C19H22N4O3. The fourth-order valence-electron chi connectivity index (χ4n) is 2.61. The second-order valence-electron chi connectivity index (χ2n) is 6.33. The molecule has 7 nitrogen and oxygen atoms in total. The highest BCUT2D eigenvalue weighted by Crippen LogP contribution is 2.16. The zero-order valence-corrected chi connectivity index (χ0v) is 14.9. The molecule has 0 saturated heterocycles. The van der Waals surface area contributed by atoms with Crippen molar-refractivity contribution in [1.82, 2.24) is 20.2 Å². The molecule has 0 aliphatic rings. The number of nitrogens with one attached hydrogen (secondary N) is 2. The third-order valence-electron chi connectivity index (χ3n) is 4.02. The molecule has 2 amide bonds. The topological polar surface area (TPSA) is 89.2 Å². The Morgan fingerprint density at radius 2 is 1.92 bits per heavy atom. The van der Waals surface area contributed by atoms with Crippen molar-refractivity contribution in [2.75, 3.05) is 0 Å². The Bertz CT molecular complexity index is 897. The van der Waals surface area contributed by atoms with Crippen LogP contribution in [0.4, 0.5) is 0 Å². The summed E-state index contributed by atoms with van der Waals surface area (Å²) >= 11 is 0. The van der Waals surface area contributed by atoms with Gasteiger partial charge < -0.3 is 19.6 Å². The van der Waals surface area contributed by atoms with Crippen molar-refractivity contribution < 1.29 is 14.0 Å². The van der Waals surface area contributed by atoms with E-state index in [1.807, 2.05) is 42.7 Å². The number of furan rings is 1. The molecule has 2 heterocycles. The van der Waals surface area contributed by atoms with Gasteiger partial charge in [-0.2, -0.15) is 0 Å². The summed E-state index contributed by atoms with van der Waals surface area (Å²) < 4.78 is 7.05. The third kappa shape index (κ3) is 4.11. The fraction of sp³-hybridized carbons (Fsp3) is 0.316. The number of benzene rings is 1. The van der Waals surface area contributed by atoms with Crippen LogP contribution >= 0.6 is 0 Å². The lowest BCUT2D eigenvalue weighted by Gasteiger charge is -2.11. The number of carbonyl (C=O) groups is 2. The second kappa shape index (κ2) is 7.86. The van der Waals surface area contributed by atoms with E-state index in [0.29, 0.717) is 18.1 Å². The van der Waals surface area contributed by atoms with E-state index in [2.05, 4.69) is 15.6 Å². The average molecular weight is 354 g/mol. The van der Waals surface area contributed by atoms with Crippen molar-refractivity contribution in [3.63, 3.8) is 0 Å². The van der Waals surface area contributed by atoms with E-state index < -0.39 is 0 Å². The van der Waals surface area contributed by atoms with Gasteiger partial charge in [-0.1, -0.05) is 26.0 Å². The molecule has 0 bridgehead atoms. The van der Waals surface area contributed by atoms with Gasteiger partial charge in [0.15, 0.2) is 0 Å². The van der Waals surface area contributed by atoms with E-state index in [1.54, 1.807) is 18.4 Å². The predicted octanol–water partition coefficient (Wildman–Crippen LogP) is 2.22. The van der Waals surface area contributed by atoms with E-state index >= 15 is 0 Å². The van der Waals surface area contributed by atoms with Gasteiger partial charge in [0.05, 0.1) is 30.4 Å². The van der Waals surface area contributed by atoms with E-state index in [9.17, 15) is 9.59 Å². The molecule has 2 aromatic heterocycles. The number of para-hydroxylation sites is 2. The molecule has 7 heteroatoms. The molecule has 0 aliphatic carbocycles. The van der Waals surface area contributed by atoms with Crippen molar-refractivity contribution in [1.29, 1.82) is 0 Å². The Hall–Kier alpha value is -3.09. The van der Waals surface area contributed by atoms with Crippen LogP contribution in [0.25, 0.3) is 11.0 Å². The summed E-state index contributed by atoms with van der Waals surface area (Å²) in [5.74, 6) is 1.03.